The van der Waals surface area contributed by atoms with Gasteiger partial charge in [-0.1, -0.05) is 13.3 Å². The van der Waals surface area contributed by atoms with Gasteiger partial charge in [0.1, 0.15) is 5.76 Å². The molecule has 0 saturated heterocycles. The summed E-state index contributed by atoms with van der Waals surface area (Å²) in [6, 6.07) is 2.66. The molecule has 0 bridgehead atoms. The van der Waals surface area contributed by atoms with E-state index in [0.717, 1.165) is 18.8 Å². The number of hydrogen-bond donors (Lipinski definition) is 1. The minimum absolute atomic E-state index is 0.601. The lowest BCUT2D eigenvalue weighted by Crippen LogP contribution is -2.38. The highest BCUT2D eigenvalue weighted by Gasteiger charge is 2.14. The van der Waals surface area contributed by atoms with E-state index in [0.29, 0.717) is 6.04 Å². The Kier molecular flexibility index (Phi) is 5.56. The van der Waals surface area contributed by atoms with Gasteiger partial charge >= 0.3 is 0 Å². The Balaban J connectivity index is 2.54. The van der Waals surface area contributed by atoms with Crippen LogP contribution < -0.4 is 5.32 Å². The number of hydrogen-bond acceptors (Lipinski definition) is 3. The topological polar surface area (TPSA) is 28.4 Å². The molecule has 0 aromatic carbocycles. The van der Waals surface area contributed by atoms with Crippen molar-refractivity contribution in [3.63, 3.8) is 0 Å². The summed E-state index contributed by atoms with van der Waals surface area (Å²) in [4.78, 5) is 2.40. The van der Waals surface area contributed by atoms with Crippen molar-refractivity contribution < 1.29 is 4.42 Å². The Labute approximate surface area is 98.8 Å². The van der Waals surface area contributed by atoms with Crippen LogP contribution in [-0.2, 0) is 6.54 Å². The van der Waals surface area contributed by atoms with Crippen LogP contribution in [0.3, 0.4) is 0 Å². The zero-order chi connectivity index (χ0) is 12.0. The minimum atomic E-state index is 0.601. The normalized spacial score (nSPS) is 13.3. The van der Waals surface area contributed by atoms with Crippen molar-refractivity contribution in [2.24, 2.45) is 0 Å². The second-order valence-electron chi connectivity index (χ2n) is 4.42. The molecule has 0 aliphatic rings. The first-order chi connectivity index (χ1) is 7.69. The second kappa shape index (κ2) is 6.71. The molecule has 1 atom stereocenters. The van der Waals surface area contributed by atoms with Gasteiger partial charge in [-0.2, -0.15) is 0 Å². The van der Waals surface area contributed by atoms with Gasteiger partial charge in [-0.25, -0.2) is 0 Å². The number of rotatable bonds is 7. The Morgan fingerprint density at radius 1 is 1.50 bits per heavy atom. The van der Waals surface area contributed by atoms with Gasteiger partial charge in [0.15, 0.2) is 0 Å². The number of aryl methyl sites for hydroxylation is 1. The first-order valence-electron chi connectivity index (χ1n) is 6.06. The first kappa shape index (κ1) is 13.3. The lowest BCUT2D eigenvalue weighted by Gasteiger charge is -2.27. The van der Waals surface area contributed by atoms with Crippen LogP contribution >= 0.6 is 0 Å². The van der Waals surface area contributed by atoms with Gasteiger partial charge in [0, 0.05) is 24.7 Å². The SMILES string of the molecule is CCCC(CNC)N(C)Cc1ccoc1C. The monoisotopic (exact) mass is 224 g/mol. The van der Waals surface area contributed by atoms with E-state index < -0.39 is 0 Å². The summed E-state index contributed by atoms with van der Waals surface area (Å²) in [6.07, 6.45) is 4.22. The third-order valence-corrected chi connectivity index (χ3v) is 3.07. The van der Waals surface area contributed by atoms with Crippen molar-refractivity contribution in [1.29, 1.82) is 0 Å². The van der Waals surface area contributed by atoms with Crippen molar-refractivity contribution in [1.82, 2.24) is 10.2 Å². The van der Waals surface area contributed by atoms with Crippen LogP contribution in [0.1, 0.15) is 31.1 Å². The molecule has 1 aromatic heterocycles. The predicted molar refractivity (Wildman–Crippen MR) is 67.5 cm³/mol. The second-order valence-corrected chi connectivity index (χ2v) is 4.42. The fraction of sp³-hybridized carbons (Fsp3) is 0.692. The zero-order valence-corrected chi connectivity index (χ0v) is 10.9. The van der Waals surface area contributed by atoms with Gasteiger partial charge in [0.05, 0.1) is 6.26 Å². The molecule has 92 valence electrons. The fourth-order valence-electron chi connectivity index (χ4n) is 2.02. The molecule has 0 spiro atoms. The van der Waals surface area contributed by atoms with Gasteiger partial charge in [-0.3, -0.25) is 4.90 Å². The maximum absolute atomic E-state index is 5.32. The quantitative estimate of drug-likeness (QED) is 0.771. The average Bonchev–Trinajstić information content (AvgIpc) is 2.64. The molecule has 3 nitrogen and oxygen atoms in total. The lowest BCUT2D eigenvalue weighted by molar-refractivity contribution is 0.216. The maximum atomic E-state index is 5.32. The molecular formula is C13H24N2O. The molecule has 0 radical (unpaired) electrons. The van der Waals surface area contributed by atoms with Gasteiger partial charge < -0.3 is 9.73 Å². The van der Waals surface area contributed by atoms with Crippen LogP contribution in [0.2, 0.25) is 0 Å². The molecule has 0 fully saturated rings. The molecule has 1 unspecified atom stereocenters. The number of furan rings is 1. The van der Waals surface area contributed by atoms with Crippen LogP contribution in [0.25, 0.3) is 0 Å². The molecule has 1 aromatic rings. The molecule has 1 N–H and O–H groups in total. The zero-order valence-electron chi connectivity index (χ0n) is 10.9. The Bertz CT molecular complexity index is 290. The molecule has 1 heterocycles. The predicted octanol–water partition coefficient (Wildman–Crippen LogP) is 2.41. The van der Waals surface area contributed by atoms with E-state index in [4.69, 9.17) is 4.42 Å². The summed E-state index contributed by atoms with van der Waals surface area (Å²) in [5.74, 6) is 1.03. The Hall–Kier alpha value is -0.800. The van der Waals surface area contributed by atoms with Crippen LogP contribution in [0, 0.1) is 6.92 Å². The van der Waals surface area contributed by atoms with Crippen molar-refractivity contribution >= 4 is 0 Å². The van der Waals surface area contributed by atoms with Gasteiger partial charge in [-0.15, -0.1) is 0 Å². The van der Waals surface area contributed by atoms with Crippen molar-refractivity contribution in [2.75, 3.05) is 20.6 Å². The number of nitrogens with zero attached hydrogens (tertiary/aromatic N) is 1. The summed E-state index contributed by atoms with van der Waals surface area (Å²) in [7, 11) is 4.20. The summed E-state index contributed by atoms with van der Waals surface area (Å²) in [5.41, 5.74) is 1.29. The van der Waals surface area contributed by atoms with Crippen LogP contribution in [0.4, 0.5) is 0 Å². The molecule has 3 heteroatoms. The molecular weight excluding hydrogens is 200 g/mol. The van der Waals surface area contributed by atoms with E-state index in [1.54, 1.807) is 6.26 Å². The van der Waals surface area contributed by atoms with Crippen LogP contribution in [0.5, 0.6) is 0 Å². The van der Waals surface area contributed by atoms with E-state index >= 15 is 0 Å². The van der Waals surface area contributed by atoms with E-state index in [-0.39, 0.29) is 0 Å². The molecule has 0 saturated carbocycles. The van der Waals surface area contributed by atoms with Crippen molar-refractivity contribution in [3.8, 4) is 0 Å². The minimum Gasteiger partial charge on any atom is -0.469 e. The van der Waals surface area contributed by atoms with E-state index in [2.05, 4.69) is 30.3 Å². The van der Waals surface area contributed by atoms with E-state index in [9.17, 15) is 0 Å². The average molecular weight is 224 g/mol. The largest absolute Gasteiger partial charge is 0.469 e. The van der Waals surface area contributed by atoms with E-state index in [1.807, 2.05) is 14.0 Å². The molecule has 1 rings (SSSR count). The highest BCUT2D eigenvalue weighted by atomic mass is 16.3. The first-order valence-corrected chi connectivity index (χ1v) is 6.06. The highest BCUT2D eigenvalue weighted by Crippen LogP contribution is 2.14. The molecule has 0 aliphatic carbocycles. The van der Waals surface area contributed by atoms with Gasteiger partial charge in [0.2, 0.25) is 0 Å². The Morgan fingerprint density at radius 3 is 2.75 bits per heavy atom. The standard InChI is InChI=1S/C13H24N2O/c1-5-6-13(9-14-3)15(4)10-12-7-8-16-11(12)2/h7-8,13-14H,5-6,9-10H2,1-4H3. The molecule has 16 heavy (non-hydrogen) atoms. The van der Waals surface area contributed by atoms with Crippen molar-refractivity contribution in [3.05, 3.63) is 23.7 Å². The third-order valence-electron chi connectivity index (χ3n) is 3.07. The molecule has 0 aliphatic heterocycles. The molecule has 0 amide bonds. The maximum Gasteiger partial charge on any atom is 0.105 e. The summed E-state index contributed by atoms with van der Waals surface area (Å²) < 4.78 is 5.32. The van der Waals surface area contributed by atoms with Gasteiger partial charge in [0.25, 0.3) is 0 Å². The highest BCUT2D eigenvalue weighted by molar-refractivity contribution is 5.15. The lowest BCUT2D eigenvalue weighted by atomic mass is 10.1. The number of likely N-dealkylation sites (N-methyl/N-ethyl adjacent to an activating group) is 2. The number of nitrogens with one attached hydrogen (secondary N) is 1. The van der Waals surface area contributed by atoms with E-state index in [1.165, 1.54) is 18.4 Å². The van der Waals surface area contributed by atoms with Crippen LogP contribution in [0.15, 0.2) is 16.7 Å². The fourth-order valence-corrected chi connectivity index (χ4v) is 2.02. The van der Waals surface area contributed by atoms with Crippen LogP contribution in [-0.4, -0.2) is 31.6 Å². The Morgan fingerprint density at radius 2 is 2.25 bits per heavy atom. The summed E-state index contributed by atoms with van der Waals surface area (Å²) in [5, 5.41) is 3.26. The van der Waals surface area contributed by atoms with Crippen molar-refractivity contribution in [2.45, 2.75) is 39.3 Å². The van der Waals surface area contributed by atoms with Gasteiger partial charge in [-0.05, 0) is 33.5 Å². The third kappa shape index (κ3) is 3.65. The smallest absolute Gasteiger partial charge is 0.105 e. The summed E-state index contributed by atoms with van der Waals surface area (Å²) >= 11 is 0. The summed E-state index contributed by atoms with van der Waals surface area (Å²) in [6.45, 7) is 6.27.